The predicted octanol–water partition coefficient (Wildman–Crippen LogP) is 1.13. The number of hydrogen-bond donors (Lipinski definition) is 2. The van der Waals surface area contributed by atoms with E-state index >= 15 is 0 Å². The van der Waals surface area contributed by atoms with Crippen LogP contribution in [0.15, 0.2) is 12.1 Å². The van der Waals surface area contributed by atoms with Gasteiger partial charge in [-0.05, 0) is 13.0 Å². The summed E-state index contributed by atoms with van der Waals surface area (Å²) < 4.78 is 9.81. The maximum absolute atomic E-state index is 12.2. The fourth-order valence-electron chi connectivity index (χ4n) is 1.94. The second kappa shape index (κ2) is 8.08. The van der Waals surface area contributed by atoms with Crippen molar-refractivity contribution in [1.82, 2.24) is 5.32 Å². The number of nitrogens with one attached hydrogen (secondary N) is 1. The lowest BCUT2D eigenvalue weighted by atomic mass is 10.1. The van der Waals surface area contributed by atoms with Crippen molar-refractivity contribution in [3.8, 4) is 5.75 Å². The monoisotopic (exact) mass is 326 g/mol. The number of rotatable bonds is 8. The molecule has 0 spiro atoms. The summed E-state index contributed by atoms with van der Waals surface area (Å²) in [6.07, 6.45) is 0.0721. The van der Waals surface area contributed by atoms with Gasteiger partial charge < -0.3 is 19.9 Å². The molecule has 1 rings (SSSR count). The van der Waals surface area contributed by atoms with Gasteiger partial charge in [-0.1, -0.05) is 0 Å². The number of carbonyl (C=O) groups is 2. The summed E-state index contributed by atoms with van der Waals surface area (Å²) in [7, 11) is 2.74. The van der Waals surface area contributed by atoms with Crippen molar-refractivity contribution in [2.75, 3.05) is 20.8 Å². The number of nitro groups is 1. The van der Waals surface area contributed by atoms with E-state index in [1.165, 1.54) is 27.2 Å². The lowest BCUT2D eigenvalue weighted by Crippen LogP contribution is -2.41. The Morgan fingerprint density at radius 2 is 2.04 bits per heavy atom. The van der Waals surface area contributed by atoms with Gasteiger partial charge in [0.2, 0.25) is 0 Å². The Morgan fingerprint density at radius 1 is 1.39 bits per heavy atom. The molecule has 126 valence electrons. The normalized spacial score (nSPS) is 11.6. The quantitative estimate of drug-likeness (QED) is 0.541. The van der Waals surface area contributed by atoms with Crippen molar-refractivity contribution in [3.05, 3.63) is 33.4 Å². The molecule has 0 aliphatic carbocycles. The summed E-state index contributed by atoms with van der Waals surface area (Å²) in [5, 5.41) is 22.4. The molecule has 0 bridgehead atoms. The van der Waals surface area contributed by atoms with E-state index in [0.29, 0.717) is 0 Å². The molecule has 1 unspecified atom stereocenters. The maximum atomic E-state index is 12.2. The summed E-state index contributed by atoms with van der Waals surface area (Å²) in [4.78, 5) is 33.7. The standard InChI is InChI=1S/C14H18N2O7/c1-8-11(16(20)21)6-9(7-12(8)23-3)13(17)15-10(14(18)19)4-5-22-2/h6-7,10H,4-5H2,1-3H3,(H,15,17)(H,18,19). The Labute approximate surface area is 132 Å². The molecule has 0 aromatic heterocycles. The van der Waals surface area contributed by atoms with Crippen LogP contribution in [-0.4, -0.2) is 48.8 Å². The molecule has 0 aliphatic heterocycles. The number of nitrogens with zero attached hydrogens (tertiary/aromatic N) is 1. The van der Waals surface area contributed by atoms with E-state index in [-0.39, 0.29) is 35.6 Å². The summed E-state index contributed by atoms with van der Waals surface area (Å²) >= 11 is 0. The van der Waals surface area contributed by atoms with E-state index in [0.717, 1.165) is 6.07 Å². The molecule has 0 heterocycles. The third kappa shape index (κ3) is 4.65. The SMILES string of the molecule is COCCC(NC(=O)c1cc(OC)c(C)c([N+](=O)[O-])c1)C(=O)O. The van der Waals surface area contributed by atoms with E-state index in [1.54, 1.807) is 0 Å². The molecule has 23 heavy (non-hydrogen) atoms. The van der Waals surface area contributed by atoms with Crippen LogP contribution in [0.5, 0.6) is 5.75 Å². The Hall–Kier alpha value is -2.68. The van der Waals surface area contributed by atoms with Gasteiger partial charge in [0.1, 0.15) is 11.8 Å². The minimum Gasteiger partial charge on any atom is -0.496 e. The van der Waals surface area contributed by atoms with Gasteiger partial charge in [0.25, 0.3) is 11.6 Å². The van der Waals surface area contributed by atoms with Crippen LogP contribution in [-0.2, 0) is 9.53 Å². The molecule has 1 aromatic carbocycles. The molecule has 0 saturated carbocycles. The fourth-order valence-corrected chi connectivity index (χ4v) is 1.94. The predicted molar refractivity (Wildman–Crippen MR) is 79.8 cm³/mol. The van der Waals surface area contributed by atoms with E-state index < -0.39 is 22.8 Å². The van der Waals surface area contributed by atoms with E-state index in [9.17, 15) is 19.7 Å². The first-order chi connectivity index (χ1) is 10.8. The van der Waals surface area contributed by atoms with Gasteiger partial charge in [-0.3, -0.25) is 14.9 Å². The second-order valence-electron chi connectivity index (χ2n) is 4.73. The zero-order valence-electron chi connectivity index (χ0n) is 13.0. The molecule has 0 fully saturated rings. The van der Waals surface area contributed by atoms with Crippen molar-refractivity contribution < 1.29 is 29.1 Å². The number of hydrogen-bond acceptors (Lipinski definition) is 6. The average Bonchev–Trinajstić information content (AvgIpc) is 2.50. The molecule has 1 amide bonds. The minimum atomic E-state index is -1.22. The highest BCUT2D eigenvalue weighted by Crippen LogP contribution is 2.29. The largest absolute Gasteiger partial charge is 0.496 e. The van der Waals surface area contributed by atoms with Crippen molar-refractivity contribution >= 4 is 17.6 Å². The first-order valence-electron chi connectivity index (χ1n) is 6.67. The Morgan fingerprint density at radius 3 is 2.52 bits per heavy atom. The van der Waals surface area contributed by atoms with Gasteiger partial charge >= 0.3 is 5.97 Å². The van der Waals surface area contributed by atoms with Crippen LogP contribution in [0.25, 0.3) is 0 Å². The third-order valence-corrected chi connectivity index (χ3v) is 3.23. The summed E-state index contributed by atoms with van der Waals surface area (Å²) in [5.74, 6) is -1.79. The molecular weight excluding hydrogens is 308 g/mol. The number of carboxylic acid groups (broad SMARTS) is 1. The first-order valence-corrected chi connectivity index (χ1v) is 6.67. The number of carbonyl (C=O) groups excluding carboxylic acids is 1. The van der Waals surface area contributed by atoms with Gasteiger partial charge in [0.15, 0.2) is 0 Å². The van der Waals surface area contributed by atoms with Crippen LogP contribution in [0.1, 0.15) is 22.3 Å². The molecule has 1 aromatic rings. The van der Waals surface area contributed by atoms with E-state index in [4.69, 9.17) is 14.6 Å². The van der Waals surface area contributed by atoms with Crippen LogP contribution in [0, 0.1) is 17.0 Å². The first kappa shape index (κ1) is 18.4. The third-order valence-electron chi connectivity index (χ3n) is 3.23. The summed E-state index contributed by atoms with van der Waals surface area (Å²) in [6.45, 7) is 1.64. The molecule has 0 aliphatic rings. The maximum Gasteiger partial charge on any atom is 0.326 e. The van der Waals surface area contributed by atoms with Crippen LogP contribution < -0.4 is 10.1 Å². The highest BCUT2D eigenvalue weighted by molar-refractivity contribution is 5.97. The van der Waals surface area contributed by atoms with E-state index in [1.807, 2.05) is 0 Å². The average molecular weight is 326 g/mol. The molecule has 2 N–H and O–H groups in total. The van der Waals surface area contributed by atoms with Gasteiger partial charge in [-0.15, -0.1) is 0 Å². The molecule has 1 atom stereocenters. The summed E-state index contributed by atoms with van der Waals surface area (Å²) in [6, 6.07) is 1.25. The van der Waals surface area contributed by atoms with Crippen LogP contribution >= 0.6 is 0 Å². The molecule has 0 radical (unpaired) electrons. The highest BCUT2D eigenvalue weighted by atomic mass is 16.6. The molecule has 9 nitrogen and oxygen atoms in total. The second-order valence-corrected chi connectivity index (χ2v) is 4.73. The van der Waals surface area contributed by atoms with Crippen LogP contribution in [0.3, 0.4) is 0 Å². The number of methoxy groups -OCH3 is 2. The zero-order valence-corrected chi connectivity index (χ0v) is 13.0. The van der Waals surface area contributed by atoms with Crippen LogP contribution in [0.2, 0.25) is 0 Å². The van der Waals surface area contributed by atoms with Crippen molar-refractivity contribution in [3.63, 3.8) is 0 Å². The number of nitro benzene ring substituents is 1. The Balaban J connectivity index is 3.09. The molecular formula is C14H18N2O7. The number of aliphatic carboxylic acids is 1. The van der Waals surface area contributed by atoms with Crippen molar-refractivity contribution in [2.24, 2.45) is 0 Å². The Bertz CT molecular complexity index is 615. The Kier molecular flexibility index (Phi) is 6.46. The van der Waals surface area contributed by atoms with Gasteiger partial charge in [0.05, 0.1) is 17.6 Å². The fraction of sp³-hybridized carbons (Fsp3) is 0.429. The van der Waals surface area contributed by atoms with E-state index in [2.05, 4.69) is 5.32 Å². The number of ether oxygens (including phenoxy) is 2. The van der Waals surface area contributed by atoms with Crippen molar-refractivity contribution in [1.29, 1.82) is 0 Å². The number of benzene rings is 1. The topological polar surface area (TPSA) is 128 Å². The zero-order chi connectivity index (χ0) is 17.6. The smallest absolute Gasteiger partial charge is 0.326 e. The lowest BCUT2D eigenvalue weighted by Gasteiger charge is -2.15. The molecule has 9 heteroatoms. The van der Waals surface area contributed by atoms with Crippen LogP contribution in [0.4, 0.5) is 5.69 Å². The van der Waals surface area contributed by atoms with Gasteiger partial charge in [0, 0.05) is 31.8 Å². The highest BCUT2D eigenvalue weighted by Gasteiger charge is 2.24. The van der Waals surface area contributed by atoms with Gasteiger partial charge in [-0.2, -0.15) is 0 Å². The minimum absolute atomic E-state index is 0.0529. The number of carboxylic acids is 1. The number of amides is 1. The molecule has 0 saturated heterocycles. The van der Waals surface area contributed by atoms with Crippen molar-refractivity contribution in [2.45, 2.75) is 19.4 Å². The summed E-state index contributed by atoms with van der Waals surface area (Å²) in [5.41, 5.74) is -0.0516. The van der Waals surface area contributed by atoms with Gasteiger partial charge in [-0.25, -0.2) is 4.79 Å². The lowest BCUT2D eigenvalue weighted by molar-refractivity contribution is -0.385.